The maximum absolute atomic E-state index is 13.5. The normalized spacial score (nSPS) is 16.6. The molecule has 2 rings (SSSR count). The van der Waals surface area contributed by atoms with E-state index in [0.717, 1.165) is 23.5 Å². The predicted molar refractivity (Wildman–Crippen MR) is 71.9 cm³/mol. The Morgan fingerprint density at radius 3 is 2.76 bits per heavy atom. The largest absolute Gasteiger partial charge is 0.313 e. The molecule has 17 heavy (non-hydrogen) atoms. The van der Waals surface area contributed by atoms with Crippen LogP contribution < -0.4 is 5.32 Å². The summed E-state index contributed by atoms with van der Waals surface area (Å²) in [6.07, 6.45) is 5.22. The van der Waals surface area contributed by atoms with E-state index in [0.29, 0.717) is 5.25 Å². The van der Waals surface area contributed by atoms with Gasteiger partial charge in [0.1, 0.15) is 5.82 Å². The number of halogens is 1. The third-order valence-corrected chi connectivity index (χ3v) is 4.43. The van der Waals surface area contributed by atoms with Gasteiger partial charge in [0.15, 0.2) is 0 Å². The second kappa shape index (κ2) is 6.41. The Morgan fingerprint density at radius 1 is 1.29 bits per heavy atom. The first-order chi connectivity index (χ1) is 8.28. The summed E-state index contributed by atoms with van der Waals surface area (Å²) >= 11 is 1.85. The molecule has 0 amide bonds. The van der Waals surface area contributed by atoms with Crippen LogP contribution in [0, 0.1) is 5.82 Å². The fourth-order valence-electron chi connectivity index (χ4n) is 2.26. The quantitative estimate of drug-likeness (QED) is 0.852. The van der Waals surface area contributed by atoms with Crippen molar-refractivity contribution in [1.29, 1.82) is 0 Å². The van der Waals surface area contributed by atoms with Gasteiger partial charge in [-0.15, -0.1) is 11.8 Å². The monoisotopic (exact) mass is 253 g/mol. The van der Waals surface area contributed by atoms with Crippen LogP contribution in [0.4, 0.5) is 4.39 Å². The molecule has 1 aromatic carbocycles. The highest BCUT2D eigenvalue weighted by Crippen LogP contribution is 2.35. The van der Waals surface area contributed by atoms with Gasteiger partial charge >= 0.3 is 0 Å². The van der Waals surface area contributed by atoms with Crippen molar-refractivity contribution in [3.63, 3.8) is 0 Å². The fraction of sp³-hybridized carbons (Fsp3) is 0.571. The molecule has 1 nitrogen and oxygen atoms in total. The number of rotatable bonds is 5. The third kappa shape index (κ3) is 4.00. The third-order valence-electron chi connectivity index (χ3n) is 3.12. The van der Waals surface area contributed by atoms with E-state index in [2.05, 4.69) is 18.3 Å². The first-order valence-corrected chi connectivity index (χ1v) is 7.32. The number of hydrogen-bond donors (Lipinski definition) is 1. The van der Waals surface area contributed by atoms with Crippen molar-refractivity contribution in [3.8, 4) is 0 Å². The highest BCUT2D eigenvalue weighted by atomic mass is 32.2. The van der Waals surface area contributed by atoms with Gasteiger partial charge in [0.05, 0.1) is 0 Å². The molecule has 0 heterocycles. The van der Waals surface area contributed by atoms with Gasteiger partial charge < -0.3 is 5.32 Å². The molecule has 1 aromatic rings. The van der Waals surface area contributed by atoms with E-state index in [1.807, 2.05) is 11.8 Å². The van der Waals surface area contributed by atoms with Crippen molar-refractivity contribution in [2.45, 2.75) is 49.3 Å². The van der Waals surface area contributed by atoms with Crippen molar-refractivity contribution < 1.29 is 4.39 Å². The minimum absolute atomic E-state index is 0.110. The molecule has 1 saturated carbocycles. The molecule has 0 saturated heterocycles. The highest BCUT2D eigenvalue weighted by molar-refractivity contribution is 8.00. The standard InChI is InChI=1S/C14H20FNS/c1-2-16-10-11-7-12(15)9-14(8-11)17-13-5-3-4-6-13/h7-9,13,16H,2-6,10H2,1H3. The Labute approximate surface area is 107 Å². The average molecular weight is 253 g/mol. The number of nitrogens with one attached hydrogen (secondary N) is 1. The van der Waals surface area contributed by atoms with Crippen LogP contribution in [0.3, 0.4) is 0 Å². The van der Waals surface area contributed by atoms with Crippen LogP contribution in [0.1, 0.15) is 38.2 Å². The van der Waals surface area contributed by atoms with Crippen molar-refractivity contribution in [2.75, 3.05) is 6.54 Å². The van der Waals surface area contributed by atoms with Gasteiger partial charge in [-0.2, -0.15) is 0 Å². The Hall–Kier alpha value is -0.540. The zero-order valence-electron chi connectivity index (χ0n) is 10.3. The van der Waals surface area contributed by atoms with E-state index in [-0.39, 0.29) is 5.82 Å². The van der Waals surface area contributed by atoms with E-state index < -0.39 is 0 Å². The molecular weight excluding hydrogens is 233 g/mol. The van der Waals surface area contributed by atoms with Gasteiger partial charge in [0.25, 0.3) is 0 Å². The van der Waals surface area contributed by atoms with E-state index in [1.54, 1.807) is 12.1 Å². The van der Waals surface area contributed by atoms with Gasteiger partial charge in [-0.05, 0) is 43.1 Å². The minimum Gasteiger partial charge on any atom is -0.313 e. The van der Waals surface area contributed by atoms with Crippen LogP contribution in [-0.4, -0.2) is 11.8 Å². The first kappa shape index (κ1) is 12.9. The molecule has 1 fully saturated rings. The molecular formula is C14H20FNS. The predicted octanol–water partition coefficient (Wildman–Crippen LogP) is 3.97. The number of benzene rings is 1. The molecule has 1 aliphatic carbocycles. The molecule has 94 valence electrons. The SMILES string of the molecule is CCNCc1cc(F)cc(SC2CCCC2)c1. The maximum atomic E-state index is 13.5. The summed E-state index contributed by atoms with van der Waals surface area (Å²) in [7, 11) is 0. The van der Waals surface area contributed by atoms with Crippen molar-refractivity contribution in [1.82, 2.24) is 5.32 Å². The van der Waals surface area contributed by atoms with E-state index in [4.69, 9.17) is 0 Å². The Kier molecular flexibility index (Phi) is 4.86. The van der Waals surface area contributed by atoms with Crippen LogP contribution in [-0.2, 0) is 6.54 Å². The van der Waals surface area contributed by atoms with Gasteiger partial charge in [-0.3, -0.25) is 0 Å². The number of hydrogen-bond acceptors (Lipinski definition) is 2. The van der Waals surface area contributed by atoms with Gasteiger partial charge in [-0.25, -0.2) is 4.39 Å². The summed E-state index contributed by atoms with van der Waals surface area (Å²) < 4.78 is 13.5. The highest BCUT2D eigenvalue weighted by Gasteiger charge is 2.16. The Balaban J connectivity index is 2.02. The summed E-state index contributed by atoms with van der Waals surface area (Å²) in [4.78, 5) is 1.09. The van der Waals surface area contributed by atoms with E-state index >= 15 is 0 Å². The molecule has 1 aliphatic rings. The summed E-state index contributed by atoms with van der Waals surface area (Å²) in [6.45, 7) is 3.74. The number of thioether (sulfide) groups is 1. The zero-order chi connectivity index (χ0) is 12.1. The molecule has 0 aromatic heterocycles. The minimum atomic E-state index is -0.110. The Morgan fingerprint density at radius 2 is 2.06 bits per heavy atom. The van der Waals surface area contributed by atoms with Crippen molar-refractivity contribution in [2.24, 2.45) is 0 Å². The molecule has 1 N–H and O–H groups in total. The first-order valence-electron chi connectivity index (χ1n) is 6.45. The summed E-state index contributed by atoms with van der Waals surface area (Å²) in [5.74, 6) is -0.110. The lowest BCUT2D eigenvalue weighted by atomic mass is 10.2. The average Bonchev–Trinajstić information content (AvgIpc) is 2.78. The second-order valence-corrected chi connectivity index (χ2v) is 5.97. The topological polar surface area (TPSA) is 12.0 Å². The lowest BCUT2D eigenvalue weighted by molar-refractivity contribution is 0.617. The van der Waals surface area contributed by atoms with Gasteiger partial charge in [-0.1, -0.05) is 19.8 Å². The summed E-state index contributed by atoms with van der Waals surface area (Å²) in [6, 6.07) is 5.41. The lowest BCUT2D eigenvalue weighted by Crippen LogP contribution is -2.11. The Bertz CT molecular complexity index is 361. The molecule has 0 aliphatic heterocycles. The molecule has 3 heteroatoms. The summed E-state index contributed by atoms with van der Waals surface area (Å²) in [5, 5.41) is 3.93. The molecule has 0 spiro atoms. The van der Waals surface area contributed by atoms with Crippen LogP contribution >= 0.6 is 11.8 Å². The smallest absolute Gasteiger partial charge is 0.124 e. The second-order valence-electron chi connectivity index (χ2n) is 4.60. The van der Waals surface area contributed by atoms with Crippen LogP contribution in [0.15, 0.2) is 23.1 Å². The van der Waals surface area contributed by atoms with Crippen molar-refractivity contribution >= 4 is 11.8 Å². The van der Waals surface area contributed by atoms with Gasteiger partial charge in [0, 0.05) is 16.7 Å². The fourth-order valence-corrected chi connectivity index (χ4v) is 3.61. The zero-order valence-corrected chi connectivity index (χ0v) is 11.2. The molecule has 0 radical (unpaired) electrons. The van der Waals surface area contributed by atoms with Gasteiger partial charge in [0.2, 0.25) is 0 Å². The molecule has 0 unspecified atom stereocenters. The van der Waals surface area contributed by atoms with Crippen LogP contribution in [0.25, 0.3) is 0 Å². The van der Waals surface area contributed by atoms with E-state index in [1.165, 1.54) is 25.7 Å². The maximum Gasteiger partial charge on any atom is 0.124 e. The lowest BCUT2D eigenvalue weighted by Gasteiger charge is -2.10. The summed E-state index contributed by atoms with van der Waals surface area (Å²) in [5.41, 5.74) is 1.05. The van der Waals surface area contributed by atoms with Crippen LogP contribution in [0.5, 0.6) is 0 Å². The molecule has 0 bridgehead atoms. The van der Waals surface area contributed by atoms with Crippen LogP contribution in [0.2, 0.25) is 0 Å². The molecule has 0 atom stereocenters. The van der Waals surface area contributed by atoms with E-state index in [9.17, 15) is 4.39 Å². The van der Waals surface area contributed by atoms with Crippen molar-refractivity contribution in [3.05, 3.63) is 29.6 Å².